The molecule has 4 heterocycles. The van der Waals surface area contributed by atoms with Crippen LogP contribution < -0.4 is 5.56 Å². The molecule has 0 amide bonds. The van der Waals surface area contributed by atoms with Crippen LogP contribution in [0.15, 0.2) is 143 Å². The third-order valence-corrected chi connectivity index (χ3v) is 9.03. The minimum absolute atomic E-state index is 0.103. The van der Waals surface area contributed by atoms with Gasteiger partial charge in [0.05, 0.1) is 34.6 Å². The molecule has 0 spiro atoms. The highest BCUT2D eigenvalue weighted by atomic mass is 16.3. The standard InChI is InChI=1S/C39H22N4O2/c44-38-29-14-4-3-13-28(29)37-25-10-2-1-9-23(25)17-18-33(37)42(38)24-21-40-39(41-22-24)43-32-15-7-5-11-26(32)30-19-31-27-12-6-8-16-35(27)45-36(31)20-34(30)43/h1-22H. The molecule has 0 unspecified atom stereocenters. The Labute approximate surface area is 255 Å². The van der Waals surface area contributed by atoms with E-state index in [1.807, 2.05) is 66.7 Å². The molecule has 0 atom stereocenters. The molecule has 0 radical (unpaired) electrons. The fourth-order valence-electron chi connectivity index (χ4n) is 7.05. The van der Waals surface area contributed by atoms with E-state index in [0.29, 0.717) is 17.0 Å². The minimum atomic E-state index is -0.103. The summed E-state index contributed by atoms with van der Waals surface area (Å²) in [4.78, 5) is 23.8. The third kappa shape index (κ3) is 3.30. The summed E-state index contributed by atoms with van der Waals surface area (Å²) in [7, 11) is 0. The molecular formula is C39H22N4O2. The van der Waals surface area contributed by atoms with Gasteiger partial charge < -0.3 is 4.42 Å². The van der Waals surface area contributed by atoms with Crippen LogP contribution in [0.3, 0.4) is 0 Å². The fraction of sp³-hybridized carbons (Fsp3) is 0. The van der Waals surface area contributed by atoms with Crippen molar-refractivity contribution in [1.82, 2.24) is 19.1 Å². The van der Waals surface area contributed by atoms with Crippen LogP contribution in [0.4, 0.5) is 0 Å². The van der Waals surface area contributed by atoms with Gasteiger partial charge >= 0.3 is 0 Å². The molecule has 0 saturated heterocycles. The number of hydrogen-bond acceptors (Lipinski definition) is 4. The number of furan rings is 1. The summed E-state index contributed by atoms with van der Waals surface area (Å²) in [6.45, 7) is 0. The molecule has 6 nitrogen and oxygen atoms in total. The number of benzene rings is 6. The van der Waals surface area contributed by atoms with Crippen LogP contribution >= 0.6 is 0 Å². The first-order valence-corrected chi connectivity index (χ1v) is 14.9. The van der Waals surface area contributed by atoms with Gasteiger partial charge in [0, 0.05) is 38.4 Å². The highest BCUT2D eigenvalue weighted by molar-refractivity contribution is 6.19. The van der Waals surface area contributed by atoms with Gasteiger partial charge in [0.2, 0.25) is 5.95 Å². The monoisotopic (exact) mass is 578 g/mol. The smallest absolute Gasteiger partial charge is 0.263 e. The lowest BCUT2D eigenvalue weighted by Crippen LogP contribution is -2.20. The van der Waals surface area contributed by atoms with Gasteiger partial charge in [0.25, 0.3) is 5.56 Å². The zero-order valence-electron chi connectivity index (χ0n) is 23.8. The van der Waals surface area contributed by atoms with Crippen molar-refractivity contribution >= 4 is 76.2 Å². The summed E-state index contributed by atoms with van der Waals surface area (Å²) in [6.07, 6.45) is 3.49. The maximum absolute atomic E-state index is 14.0. The van der Waals surface area contributed by atoms with E-state index in [4.69, 9.17) is 14.4 Å². The zero-order valence-corrected chi connectivity index (χ0v) is 23.8. The zero-order chi connectivity index (χ0) is 29.6. The van der Waals surface area contributed by atoms with E-state index in [9.17, 15) is 4.79 Å². The maximum atomic E-state index is 14.0. The molecule has 0 aliphatic carbocycles. The summed E-state index contributed by atoms with van der Waals surface area (Å²) in [6, 6.07) is 40.8. The van der Waals surface area contributed by atoms with Crippen LogP contribution in [0.25, 0.3) is 87.8 Å². The lowest BCUT2D eigenvalue weighted by atomic mass is 9.99. The van der Waals surface area contributed by atoms with Crippen molar-refractivity contribution in [2.75, 3.05) is 0 Å². The summed E-state index contributed by atoms with van der Waals surface area (Å²) in [5, 5.41) is 9.21. The largest absolute Gasteiger partial charge is 0.456 e. The second-order valence-electron chi connectivity index (χ2n) is 11.4. The summed E-state index contributed by atoms with van der Waals surface area (Å²) in [5.74, 6) is 0.518. The molecule has 0 fully saturated rings. The summed E-state index contributed by atoms with van der Waals surface area (Å²) >= 11 is 0. The second kappa shape index (κ2) is 8.88. The molecule has 45 heavy (non-hydrogen) atoms. The van der Waals surface area contributed by atoms with Gasteiger partial charge in [-0.05, 0) is 46.5 Å². The predicted octanol–water partition coefficient (Wildman–Crippen LogP) is 9.08. The molecule has 6 heteroatoms. The van der Waals surface area contributed by atoms with Crippen LogP contribution in [0.1, 0.15) is 0 Å². The molecule has 6 aromatic carbocycles. The van der Waals surface area contributed by atoms with Crippen LogP contribution in [-0.4, -0.2) is 19.1 Å². The number of hydrogen-bond donors (Lipinski definition) is 0. The van der Waals surface area contributed by atoms with E-state index in [1.54, 1.807) is 17.0 Å². The first kappa shape index (κ1) is 24.2. The normalized spacial score (nSPS) is 12.1. The quantitative estimate of drug-likeness (QED) is 0.192. The van der Waals surface area contributed by atoms with Crippen LogP contribution in [0.2, 0.25) is 0 Å². The average molecular weight is 579 g/mol. The molecule has 0 aliphatic rings. The van der Waals surface area contributed by atoms with E-state index < -0.39 is 0 Å². The van der Waals surface area contributed by atoms with E-state index in [2.05, 4.69) is 59.2 Å². The van der Waals surface area contributed by atoms with Gasteiger partial charge in [-0.25, -0.2) is 9.97 Å². The highest BCUT2D eigenvalue weighted by Gasteiger charge is 2.19. The SMILES string of the molecule is O=c1c2ccccc2c2c3ccccc3ccc2n1-c1cnc(-n2c3ccccc3c3cc4c(cc32)oc2ccccc24)nc1. The first-order chi connectivity index (χ1) is 22.2. The average Bonchev–Trinajstić information content (AvgIpc) is 3.62. The molecular weight excluding hydrogens is 556 g/mol. The number of aromatic nitrogens is 4. The minimum Gasteiger partial charge on any atom is -0.456 e. The Morgan fingerprint density at radius 1 is 0.489 bits per heavy atom. The molecule has 0 N–H and O–H groups in total. The van der Waals surface area contributed by atoms with Crippen LogP contribution in [-0.2, 0) is 0 Å². The number of rotatable bonds is 2. The van der Waals surface area contributed by atoms with Gasteiger partial charge in [-0.2, -0.15) is 0 Å². The Balaban J connectivity index is 1.22. The van der Waals surface area contributed by atoms with E-state index in [1.165, 1.54) is 0 Å². The summed E-state index contributed by atoms with van der Waals surface area (Å²) in [5.41, 5.74) is 4.94. The predicted molar refractivity (Wildman–Crippen MR) is 182 cm³/mol. The van der Waals surface area contributed by atoms with Crippen molar-refractivity contribution in [3.05, 3.63) is 144 Å². The molecule has 10 rings (SSSR count). The lowest BCUT2D eigenvalue weighted by molar-refractivity contribution is 0.669. The molecule has 10 aromatic rings. The molecule has 0 saturated carbocycles. The van der Waals surface area contributed by atoms with Gasteiger partial charge in [-0.1, -0.05) is 84.9 Å². The summed E-state index contributed by atoms with van der Waals surface area (Å²) < 4.78 is 10.1. The van der Waals surface area contributed by atoms with Gasteiger partial charge in [0.15, 0.2) is 0 Å². The van der Waals surface area contributed by atoms with Crippen molar-refractivity contribution in [3.63, 3.8) is 0 Å². The van der Waals surface area contributed by atoms with E-state index in [0.717, 1.165) is 70.8 Å². The third-order valence-electron chi connectivity index (χ3n) is 9.03. The number of pyridine rings is 1. The van der Waals surface area contributed by atoms with Gasteiger partial charge in [-0.15, -0.1) is 0 Å². The van der Waals surface area contributed by atoms with Gasteiger partial charge in [-0.3, -0.25) is 13.9 Å². The van der Waals surface area contributed by atoms with Crippen molar-refractivity contribution in [1.29, 1.82) is 0 Å². The van der Waals surface area contributed by atoms with Gasteiger partial charge in [0.1, 0.15) is 11.2 Å². The first-order valence-electron chi connectivity index (χ1n) is 14.9. The van der Waals surface area contributed by atoms with E-state index in [-0.39, 0.29) is 5.56 Å². The fourth-order valence-corrected chi connectivity index (χ4v) is 7.05. The Hall–Kier alpha value is -6.27. The molecule has 4 aromatic heterocycles. The Morgan fingerprint density at radius 3 is 2.02 bits per heavy atom. The van der Waals surface area contributed by atoms with Crippen molar-refractivity contribution in [2.45, 2.75) is 0 Å². The number of nitrogens with zero attached hydrogens (tertiary/aromatic N) is 4. The van der Waals surface area contributed by atoms with Crippen molar-refractivity contribution in [3.8, 4) is 11.6 Å². The van der Waals surface area contributed by atoms with E-state index >= 15 is 0 Å². The van der Waals surface area contributed by atoms with Crippen LogP contribution in [0, 0.1) is 0 Å². The Kier molecular flexibility index (Phi) is 4.77. The molecule has 0 bridgehead atoms. The topological polar surface area (TPSA) is 65.8 Å². The second-order valence-corrected chi connectivity index (χ2v) is 11.4. The molecule has 210 valence electrons. The highest BCUT2D eigenvalue weighted by Crippen LogP contribution is 2.38. The Morgan fingerprint density at radius 2 is 1.18 bits per heavy atom. The lowest BCUT2D eigenvalue weighted by Gasteiger charge is -2.15. The van der Waals surface area contributed by atoms with Crippen LogP contribution in [0.5, 0.6) is 0 Å². The number of para-hydroxylation sites is 2. The van der Waals surface area contributed by atoms with Crippen molar-refractivity contribution in [2.24, 2.45) is 0 Å². The van der Waals surface area contributed by atoms with Crippen molar-refractivity contribution < 1.29 is 4.42 Å². The maximum Gasteiger partial charge on any atom is 0.263 e. The Bertz CT molecular complexity index is 2890. The number of fused-ring (bicyclic) bond motifs is 11. The molecule has 0 aliphatic heterocycles.